The van der Waals surface area contributed by atoms with Crippen molar-refractivity contribution in [2.45, 2.75) is 6.10 Å². The molecule has 8 heteroatoms. The Morgan fingerprint density at radius 2 is 1.59 bits per heavy atom. The number of ether oxygens (including phenoxy) is 1. The molecule has 1 unspecified atom stereocenters. The highest BCUT2D eigenvalue weighted by Gasteiger charge is 2.23. The molecule has 3 aromatic rings. The standard InChI is InChI=1S/C19H13Br2ClN2O2.ClH/c20-13-3-8-16(9-4-13)26-18(12-1-6-15(22)7-2-12)19(25)24-17-10-5-14(21)11-23-17;/h1-11,18H,(H,23,24,25);1H. The fraction of sp³-hybridized carbons (Fsp3) is 0.0526. The van der Waals surface area contributed by atoms with E-state index in [4.69, 9.17) is 16.3 Å². The Bertz CT molecular complexity index is 889. The Kier molecular flexibility index (Phi) is 8.10. The van der Waals surface area contributed by atoms with Crippen LogP contribution in [0.3, 0.4) is 0 Å². The number of pyridine rings is 1. The van der Waals surface area contributed by atoms with E-state index in [2.05, 4.69) is 42.2 Å². The van der Waals surface area contributed by atoms with Gasteiger partial charge < -0.3 is 10.1 Å². The van der Waals surface area contributed by atoms with Crippen LogP contribution in [0.4, 0.5) is 5.82 Å². The van der Waals surface area contributed by atoms with Crippen molar-refractivity contribution in [1.29, 1.82) is 0 Å². The molecule has 0 aliphatic heterocycles. The maximum atomic E-state index is 12.8. The Hall–Kier alpha value is -1.60. The largest absolute Gasteiger partial charge is 0.476 e. The number of hydrogen-bond acceptors (Lipinski definition) is 3. The van der Waals surface area contributed by atoms with Crippen LogP contribution in [0.15, 0.2) is 75.8 Å². The van der Waals surface area contributed by atoms with Gasteiger partial charge in [0.15, 0.2) is 0 Å². The van der Waals surface area contributed by atoms with Crippen molar-refractivity contribution >= 4 is 67.6 Å². The Morgan fingerprint density at radius 1 is 0.963 bits per heavy atom. The number of amides is 1. The molecule has 1 N–H and O–H groups in total. The maximum Gasteiger partial charge on any atom is 0.271 e. The molecule has 0 bridgehead atoms. The second-order valence-electron chi connectivity index (χ2n) is 5.35. The van der Waals surface area contributed by atoms with Gasteiger partial charge in [-0.25, -0.2) is 4.98 Å². The Labute approximate surface area is 185 Å². The molecular weight excluding hydrogens is 519 g/mol. The summed E-state index contributed by atoms with van der Waals surface area (Å²) in [5.74, 6) is 0.689. The van der Waals surface area contributed by atoms with E-state index in [-0.39, 0.29) is 18.3 Å². The maximum absolute atomic E-state index is 12.8. The van der Waals surface area contributed by atoms with E-state index in [0.717, 1.165) is 8.95 Å². The van der Waals surface area contributed by atoms with E-state index in [0.29, 0.717) is 22.2 Å². The summed E-state index contributed by atoms with van der Waals surface area (Å²) in [7, 11) is 0. The molecule has 4 nitrogen and oxygen atoms in total. The Morgan fingerprint density at radius 3 is 2.19 bits per heavy atom. The number of anilines is 1. The normalized spacial score (nSPS) is 11.2. The van der Waals surface area contributed by atoms with Gasteiger partial charge in [0, 0.05) is 25.7 Å². The van der Waals surface area contributed by atoms with Gasteiger partial charge in [0.1, 0.15) is 11.6 Å². The zero-order chi connectivity index (χ0) is 18.5. The van der Waals surface area contributed by atoms with E-state index in [9.17, 15) is 4.79 Å². The number of rotatable bonds is 5. The molecule has 0 fully saturated rings. The zero-order valence-corrected chi connectivity index (χ0v) is 18.5. The van der Waals surface area contributed by atoms with Gasteiger partial charge in [0.25, 0.3) is 5.91 Å². The summed E-state index contributed by atoms with van der Waals surface area (Å²) >= 11 is 12.7. The number of benzene rings is 2. The molecule has 27 heavy (non-hydrogen) atoms. The molecule has 0 saturated carbocycles. The summed E-state index contributed by atoms with van der Waals surface area (Å²) in [4.78, 5) is 17.0. The predicted octanol–water partition coefficient (Wildman–Crippen LogP) is 6.44. The number of hydrogen-bond donors (Lipinski definition) is 1. The average molecular weight is 533 g/mol. The van der Waals surface area contributed by atoms with E-state index in [1.165, 1.54) is 0 Å². The van der Waals surface area contributed by atoms with Crippen molar-refractivity contribution in [2.24, 2.45) is 0 Å². The van der Waals surface area contributed by atoms with Gasteiger partial charge in [-0.1, -0.05) is 39.7 Å². The first kappa shape index (κ1) is 21.7. The topological polar surface area (TPSA) is 51.2 Å². The Balaban J connectivity index is 0.00000261. The number of halogens is 4. The van der Waals surface area contributed by atoms with Crippen LogP contribution >= 0.6 is 55.9 Å². The number of aromatic nitrogens is 1. The summed E-state index contributed by atoms with van der Waals surface area (Å²) in [6.45, 7) is 0. The lowest BCUT2D eigenvalue weighted by molar-refractivity contribution is -0.123. The zero-order valence-electron chi connectivity index (χ0n) is 13.7. The first-order valence-corrected chi connectivity index (χ1v) is 9.58. The van der Waals surface area contributed by atoms with Crippen molar-refractivity contribution in [3.63, 3.8) is 0 Å². The van der Waals surface area contributed by atoms with E-state index >= 15 is 0 Å². The fourth-order valence-electron chi connectivity index (χ4n) is 2.20. The van der Waals surface area contributed by atoms with Gasteiger partial charge in [-0.15, -0.1) is 12.4 Å². The molecule has 140 valence electrons. The van der Waals surface area contributed by atoms with Gasteiger partial charge in [-0.3, -0.25) is 4.79 Å². The second kappa shape index (κ2) is 10.1. The molecule has 0 spiro atoms. The summed E-state index contributed by atoms with van der Waals surface area (Å²) in [6, 6.07) is 17.8. The highest BCUT2D eigenvalue weighted by Crippen LogP contribution is 2.26. The lowest BCUT2D eigenvalue weighted by Gasteiger charge is -2.19. The van der Waals surface area contributed by atoms with Crippen LogP contribution in [-0.2, 0) is 4.79 Å². The SMILES string of the molecule is Cl.O=C(Nc1ccc(Br)cn1)C(Oc1ccc(Br)cc1)c1ccc(Cl)cc1. The van der Waals surface area contributed by atoms with Crippen molar-refractivity contribution in [3.8, 4) is 5.75 Å². The number of carbonyl (C=O) groups excluding carboxylic acids is 1. The molecule has 0 aliphatic carbocycles. The van der Waals surface area contributed by atoms with Crippen LogP contribution in [0.25, 0.3) is 0 Å². The molecule has 1 amide bonds. The monoisotopic (exact) mass is 530 g/mol. The summed E-state index contributed by atoms with van der Waals surface area (Å²) in [5.41, 5.74) is 0.687. The van der Waals surface area contributed by atoms with Crippen molar-refractivity contribution in [1.82, 2.24) is 4.98 Å². The highest BCUT2D eigenvalue weighted by atomic mass is 79.9. The lowest BCUT2D eigenvalue weighted by atomic mass is 10.1. The van der Waals surface area contributed by atoms with Crippen LogP contribution in [0.1, 0.15) is 11.7 Å². The molecule has 3 rings (SSSR count). The molecule has 0 saturated heterocycles. The number of nitrogens with zero attached hydrogens (tertiary/aromatic N) is 1. The summed E-state index contributed by atoms with van der Waals surface area (Å²) in [5, 5.41) is 3.36. The third-order valence-electron chi connectivity index (χ3n) is 3.46. The molecule has 1 aromatic heterocycles. The minimum absolute atomic E-state index is 0. The molecule has 0 radical (unpaired) electrons. The molecule has 1 atom stereocenters. The average Bonchev–Trinajstić information content (AvgIpc) is 2.64. The van der Waals surface area contributed by atoms with Crippen LogP contribution < -0.4 is 10.1 Å². The lowest BCUT2D eigenvalue weighted by Crippen LogP contribution is -2.26. The van der Waals surface area contributed by atoms with Gasteiger partial charge >= 0.3 is 0 Å². The van der Waals surface area contributed by atoms with Crippen LogP contribution in [0.2, 0.25) is 5.02 Å². The molecular formula is C19H14Br2Cl2N2O2. The third-order valence-corrected chi connectivity index (χ3v) is 4.71. The second-order valence-corrected chi connectivity index (χ2v) is 7.62. The van der Waals surface area contributed by atoms with Crippen LogP contribution in [0, 0.1) is 0 Å². The third kappa shape index (κ3) is 6.21. The van der Waals surface area contributed by atoms with Gasteiger partial charge in [0.2, 0.25) is 6.10 Å². The van der Waals surface area contributed by atoms with Crippen molar-refractivity contribution in [2.75, 3.05) is 5.32 Å². The quantitative estimate of drug-likeness (QED) is 0.411. The van der Waals surface area contributed by atoms with E-state index in [1.807, 2.05) is 12.1 Å². The van der Waals surface area contributed by atoms with Crippen molar-refractivity contribution in [3.05, 3.63) is 86.4 Å². The highest BCUT2D eigenvalue weighted by molar-refractivity contribution is 9.10. The number of nitrogens with one attached hydrogen (secondary N) is 1. The minimum atomic E-state index is -0.848. The van der Waals surface area contributed by atoms with Crippen LogP contribution in [-0.4, -0.2) is 10.9 Å². The first-order chi connectivity index (χ1) is 12.5. The van der Waals surface area contributed by atoms with Gasteiger partial charge in [-0.2, -0.15) is 0 Å². The summed E-state index contributed by atoms with van der Waals surface area (Å²) < 4.78 is 7.70. The number of carbonyl (C=O) groups is 1. The fourth-order valence-corrected chi connectivity index (χ4v) is 2.83. The molecule has 1 heterocycles. The van der Waals surface area contributed by atoms with E-state index < -0.39 is 6.10 Å². The first-order valence-electron chi connectivity index (χ1n) is 7.61. The van der Waals surface area contributed by atoms with Crippen LogP contribution in [0.5, 0.6) is 5.75 Å². The van der Waals surface area contributed by atoms with Crippen molar-refractivity contribution < 1.29 is 9.53 Å². The predicted molar refractivity (Wildman–Crippen MR) is 117 cm³/mol. The summed E-state index contributed by atoms with van der Waals surface area (Å²) in [6.07, 6.45) is 0.765. The molecule has 0 aliphatic rings. The smallest absolute Gasteiger partial charge is 0.271 e. The minimum Gasteiger partial charge on any atom is -0.476 e. The van der Waals surface area contributed by atoms with Gasteiger partial charge in [-0.05, 0) is 64.5 Å². The molecule has 2 aromatic carbocycles. The van der Waals surface area contributed by atoms with E-state index in [1.54, 1.807) is 54.7 Å². The van der Waals surface area contributed by atoms with Gasteiger partial charge in [0.05, 0.1) is 0 Å².